The van der Waals surface area contributed by atoms with E-state index in [1.165, 1.54) is 6.07 Å². The summed E-state index contributed by atoms with van der Waals surface area (Å²) in [6.07, 6.45) is 0.774. The van der Waals surface area contributed by atoms with Crippen molar-refractivity contribution < 1.29 is 9.13 Å². The molecule has 1 N–H and O–H groups in total. The number of halogens is 1. The topological polar surface area (TPSA) is 21.3 Å². The van der Waals surface area contributed by atoms with E-state index >= 15 is 0 Å². The van der Waals surface area contributed by atoms with Crippen LogP contribution in [0.25, 0.3) is 0 Å². The van der Waals surface area contributed by atoms with E-state index in [2.05, 4.69) is 5.32 Å². The lowest BCUT2D eigenvalue weighted by Gasteiger charge is -2.18. The first kappa shape index (κ1) is 14.5. The second-order valence-electron chi connectivity index (χ2n) is 4.73. The lowest BCUT2D eigenvalue weighted by atomic mass is 9.95. The molecular weight excluding hydrogens is 253 g/mol. The first-order valence-electron chi connectivity index (χ1n) is 6.88. The molecule has 0 bridgehead atoms. The molecule has 2 rings (SSSR count). The summed E-state index contributed by atoms with van der Waals surface area (Å²) in [6.45, 7) is 1.31. The van der Waals surface area contributed by atoms with Gasteiger partial charge in [0.25, 0.3) is 0 Å². The molecule has 2 nitrogen and oxygen atoms in total. The molecule has 0 aliphatic carbocycles. The average molecular weight is 273 g/mol. The van der Waals surface area contributed by atoms with Gasteiger partial charge < -0.3 is 10.1 Å². The highest BCUT2D eigenvalue weighted by molar-refractivity contribution is 5.23. The van der Waals surface area contributed by atoms with Gasteiger partial charge in [0.1, 0.15) is 11.6 Å². The predicted octanol–water partition coefficient (Wildman–Crippen LogP) is 3.60. The largest absolute Gasteiger partial charge is 0.494 e. The van der Waals surface area contributed by atoms with Gasteiger partial charge >= 0.3 is 0 Å². The molecule has 3 heteroatoms. The molecule has 2 aromatic rings. The van der Waals surface area contributed by atoms with Gasteiger partial charge in [-0.1, -0.05) is 36.4 Å². The highest BCUT2D eigenvalue weighted by atomic mass is 19.1. The molecule has 0 aliphatic heterocycles. The van der Waals surface area contributed by atoms with Crippen LogP contribution in [0.1, 0.15) is 17.9 Å². The molecule has 20 heavy (non-hydrogen) atoms. The van der Waals surface area contributed by atoms with Crippen LogP contribution in [-0.4, -0.2) is 20.2 Å². The number of rotatable bonds is 7. The van der Waals surface area contributed by atoms with E-state index in [0.29, 0.717) is 6.61 Å². The molecule has 0 radical (unpaired) electrons. The molecule has 0 heterocycles. The molecule has 0 aromatic heterocycles. The van der Waals surface area contributed by atoms with Gasteiger partial charge in [-0.2, -0.15) is 0 Å². The quantitative estimate of drug-likeness (QED) is 0.832. The van der Waals surface area contributed by atoms with E-state index in [0.717, 1.165) is 24.3 Å². The van der Waals surface area contributed by atoms with Crippen molar-refractivity contribution in [3.63, 3.8) is 0 Å². The van der Waals surface area contributed by atoms with E-state index in [1.54, 1.807) is 6.07 Å². The molecule has 106 valence electrons. The number of hydrogen-bond donors (Lipinski definition) is 1. The third kappa shape index (κ3) is 4.07. The molecule has 0 spiro atoms. The van der Waals surface area contributed by atoms with Gasteiger partial charge in [-0.15, -0.1) is 0 Å². The van der Waals surface area contributed by atoms with Gasteiger partial charge in [-0.25, -0.2) is 4.39 Å². The van der Waals surface area contributed by atoms with Gasteiger partial charge in [0, 0.05) is 12.5 Å². The summed E-state index contributed by atoms with van der Waals surface area (Å²) in [7, 11) is 1.88. The van der Waals surface area contributed by atoms with Crippen LogP contribution < -0.4 is 10.1 Å². The highest BCUT2D eigenvalue weighted by Crippen LogP contribution is 2.22. The monoisotopic (exact) mass is 273 g/mol. The summed E-state index contributed by atoms with van der Waals surface area (Å²) in [5.74, 6) is 0.821. The molecule has 0 saturated heterocycles. The second-order valence-corrected chi connectivity index (χ2v) is 4.73. The van der Waals surface area contributed by atoms with Gasteiger partial charge in [0.05, 0.1) is 6.61 Å². The van der Waals surface area contributed by atoms with Gasteiger partial charge in [-0.3, -0.25) is 0 Å². The smallest absolute Gasteiger partial charge is 0.126 e. The molecule has 0 amide bonds. The normalized spacial score (nSPS) is 12.1. The van der Waals surface area contributed by atoms with Crippen molar-refractivity contribution >= 4 is 0 Å². The molecule has 0 fully saturated rings. The minimum Gasteiger partial charge on any atom is -0.494 e. The summed E-state index contributed by atoms with van der Waals surface area (Å²) in [5.41, 5.74) is 0.749. The molecular formula is C17H20FNO. The van der Waals surface area contributed by atoms with Gasteiger partial charge in [0.2, 0.25) is 0 Å². The van der Waals surface area contributed by atoms with E-state index in [-0.39, 0.29) is 11.7 Å². The van der Waals surface area contributed by atoms with E-state index in [1.807, 2.05) is 49.5 Å². The van der Waals surface area contributed by atoms with Crippen LogP contribution in [0, 0.1) is 5.82 Å². The minimum atomic E-state index is -0.146. The Hall–Kier alpha value is -1.87. The third-order valence-corrected chi connectivity index (χ3v) is 3.27. The molecule has 1 unspecified atom stereocenters. The Balaban J connectivity index is 1.95. The maximum Gasteiger partial charge on any atom is 0.126 e. The second kappa shape index (κ2) is 7.65. The summed E-state index contributed by atoms with van der Waals surface area (Å²) in [4.78, 5) is 0. The maximum absolute atomic E-state index is 13.8. The van der Waals surface area contributed by atoms with Crippen LogP contribution in [0.3, 0.4) is 0 Å². The zero-order valence-electron chi connectivity index (χ0n) is 11.7. The fraction of sp³-hybridized carbons (Fsp3) is 0.294. The number of ether oxygens (including phenoxy) is 1. The standard InChI is InChI=1S/C17H20FNO/c1-19-13-14(16-9-5-6-10-17(16)18)11-12-20-15-7-3-2-4-8-15/h2-10,14,19H,11-13H2,1H3. The summed E-state index contributed by atoms with van der Waals surface area (Å²) in [5, 5.41) is 3.12. The van der Waals surface area contributed by atoms with Crippen LogP contribution in [0.15, 0.2) is 54.6 Å². The van der Waals surface area contributed by atoms with Crippen molar-refractivity contribution in [2.75, 3.05) is 20.2 Å². The van der Waals surface area contributed by atoms with Crippen molar-refractivity contribution in [1.29, 1.82) is 0 Å². The van der Waals surface area contributed by atoms with Crippen LogP contribution in [0.2, 0.25) is 0 Å². The summed E-state index contributed by atoms with van der Waals surface area (Å²) >= 11 is 0. The molecule has 0 saturated carbocycles. The third-order valence-electron chi connectivity index (χ3n) is 3.27. The number of benzene rings is 2. The molecule has 2 aromatic carbocycles. The van der Waals surface area contributed by atoms with E-state index in [9.17, 15) is 4.39 Å². The summed E-state index contributed by atoms with van der Waals surface area (Å²) in [6, 6.07) is 16.6. The van der Waals surface area contributed by atoms with Crippen molar-refractivity contribution in [3.05, 3.63) is 66.0 Å². The Kier molecular flexibility index (Phi) is 5.56. The highest BCUT2D eigenvalue weighted by Gasteiger charge is 2.14. The number of para-hydroxylation sites is 1. The lowest BCUT2D eigenvalue weighted by Crippen LogP contribution is -2.20. The van der Waals surface area contributed by atoms with Crippen LogP contribution in [0.5, 0.6) is 5.75 Å². The zero-order valence-corrected chi connectivity index (χ0v) is 11.7. The predicted molar refractivity (Wildman–Crippen MR) is 79.6 cm³/mol. The SMILES string of the molecule is CNCC(CCOc1ccccc1)c1ccccc1F. The van der Waals surface area contributed by atoms with Crippen LogP contribution in [-0.2, 0) is 0 Å². The van der Waals surface area contributed by atoms with Gasteiger partial charge in [-0.05, 0) is 37.2 Å². The van der Waals surface area contributed by atoms with Crippen molar-refractivity contribution in [1.82, 2.24) is 5.32 Å². The first-order valence-corrected chi connectivity index (χ1v) is 6.88. The Morgan fingerprint density at radius 2 is 1.75 bits per heavy atom. The van der Waals surface area contributed by atoms with Crippen molar-refractivity contribution in [2.24, 2.45) is 0 Å². The van der Waals surface area contributed by atoms with Gasteiger partial charge in [0.15, 0.2) is 0 Å². The Morgan fingerprint density at radius 1 is 1.05 bits per heavy atom. The van der Waals surface area contributed by atoms with Crippen molar-refractivity contribution in [3.8, 4) is 5.75 Å². The minimum absolute atomic E-state index is 0.116. The van der Waals surface area contributed by atoms with E-state index in [4.69, 9.17) is 4.74 Å². The molecule has 1 atom stereocenters. The fourth-order valence-corrected chi connectivity index (χ4v) is 2.26. The Labute approximate surface area is 119 Å². The first-order chi connectivity index (χ1) is 9.81. The summed E-state index contributed by atoms with van der Waals surface area (Å²) < 4.78 is 19.5. The zero-order chi connectivity index (χ0) is 14.2. The van der Waals surface area contributed by atoms with Crippen LogP contribution >= 0.6 is 0 Å². The van der Waals surface area contributed by atoms with Crippen LogP contribution in [0.4, 0.5) is 4.39 Å². The Bertz CT molecular complexity index is 515. The fourth-order valence-electron chi connectivity index (χ4n) is 2.26. The molecule has 0 aliphatic rings. The van der Waals surface area contributed by atoms with E-state index < -0.39 is 0 Å². The Morgan fingerprint density at radius 3 is 2.45 bits per heavy atom. The number of likely N-dealkylation sites (N-methyl/N-ethyl adjacent to an activating group) is 1. The number of hydrogen-bond acceptors (Lipinski definition) is 2. The van der Waals surface area contributed by atoms with Crippen molar-refractivity contribution in [2.45, 2.75) is 12.3 Å². The average Bonchev–Trinajstić information content (AvgIpc) is 2.48. The maximum atomic E-state index is 13.8. The lowest BCUT2D eigenvalue weighted by molar-refractivity contribution is 0.295. The number of nitrogens with one attached hydrogen (secondary N) is 1.